The Labute approximate surface area is 85.9 Å². The fourth-order valence-electron chi connectivity index (χ4n) is 1.53. The molecule has 15 heavy (non-hydrogen) atoms. The van der Waals surface area contributed by atoms with Crippen LogP contribution in [-0.2, 0) is 6.67 Å². The molecule has 80 valence electrons. The lowest BCUT2D eigenvalue weighted by Gasteiger charge is -2.05. The van der Waals surface area contributed by atoms with Gasteiger partial charge in [-0.2, -0.15) is 0 Å². The van der Waals surface area contributed by atoms with Crippen molar-refractivity contribution in [3.05, 3.63) is 29.4 Å². The highest BCUT2D eigenvalue weighted by atomic mass is 19.1. The number of oxazole rings is 1. The van der Waals surface area contributed by atoms with Crippen molar-refractivity contribution in [2.24, 2.45) is 0 Å². The van der Waals surface area contributed by atoms with Gasteiger partial charge in [-0.25, -0.2) is 13.8 Å². The van der Waals surface area contributed by atoms with E-state index in [0.717, 1.165) is 0 Å². The zero-order valence-corrected chi connectivity index (χ0v) is 8.55. The van der Waals surface area contributed by atoms with Gasteiger partial charge in [-0.05, 0) is 17.5 Å². The van der Waals surface area contributed by atoms with Crippen molar-refractivity contribution in [3.63, 3.8) is 0 Å². The number of hydrogen-bond donors (Lipinski definition) is 0. The minimum absolute atomic E-state index is 0.0694. The number of rotatable bonds is 2. The Morgan fingerprint density at radius 1 is 1.40 bits per heavy atom. The van der Waals surface area contributed by atoms with Crippen molar-refractivity contribution >= 4 is 11.1 Å². The lowest BCUT2D eigenvalue weighted by atomic mass is 10.0. The maximum atomic E-state index is 13.8. The fraction of sp³-hybridized carbons (Fsp3) is 0.364. The first-order valence-corrected chi connectivity index (χ1v) is 4.77. The predicted molar refractivity (Wildman–Crippen MR) is 52.9 cm³/mol. The Hall–Kier alpha value is -1.45. The van der Waals surface area contributed by atoms with Crippen LogP contribution in [0.5, 0.6) is 0 Å². The third kappa shape index (κ3) is 1.60. The molecule has 1 aromatic heterocycles. The molecule has 0 atom stereocenters. The van der Waals surface area contributed by atoms with E-state index in [1.165, 1.54) is 0 Å². The van der Waals surface area contributed by atoms with Crippen LogP contribution in [0.2, 0.25) is 0 Å². The summed E-state index contributed by atoms with van der Waals surface area (Å²) in [6.07, 6.45) is 0. The Bertz CT molecular complexity index is 491. The monoisotopic (exact) mass is 211 g/mol. The molecule has 1 heterocycles. The van der Waals surface area contributed by atoms with Crippen molar-refractivity contribution in [3.8, 4) is 0 Å². The van der Waals surface area contributed by atoms with E-state index in [4.69, 9.17) is 4.42 Å². The van der Waals surface area contributed by atoms with Crippen LogP contribution in [0.3, 0.4) is 0 Å². The van der Waals surface area contributed by atoms with Crippen molar-refractivity contribution in [2.75, 3.05) is 0 Å². The first kappa shape index (κ1) is 10.1. The Balaban J connectivity index is 2.67. The van der Waals surface area contributed by atoms with Crippen LogP contribution < -0.4 is 0 Å². The van der Waals surface area contributed by atoms with Gasteiger partial charge in [0.2, 0.25) is 5.89 Å². The molecular formula is C11H11F2NO. The lowest BCUT2D eigenvalue weighted by Crippen LogP contribution is -1.93. The van der Waals surface area contributed by atoms with Gasteiger partial charge in [-0.3, -0.25) is 0 Å². The normalized spacial score (nSPS) is 11.5. The molecule has 0 unspecified atom stereocenters. The molecule has 0 amide bonds. The van der Waals surface area contributed by atoms with E-state index in [9.17, 15) is 8.78 Å². The summed E-state index contributed by atoms with van der Waals surface area (Å²) < 4.78 is 31.1. The van der Waals surface area contributed by atoms with E-state index in [0.29, 0.717) is 11.1 Å². The zero-order valence-electron chi connectivity index (χ0n) is 8.55. The van der Waals surface area contributed by atoms with Crippen LogP contribution in [0.15, 0.2) is 16.5 Å². The second kappa shape index (κ2) is 3.61. The van der Waals surface area contributed by atoms with Crippen molar-refractivity contribution in [1.29, 1.82) is 0 Å². The Kier molecular flexibility index (Phi) is 2.42. The van der Waals surface area contributed by atoms with E-state index >= 15 is 0 Å². The molecule has 1 aromatic carbocycles. The molecule has 2 rings (SSSR count). The first-order valence-electron chi connectivity index (χ1n) is 4.77. The van der Waals surface area contributed by atoms with E-state index in [2.05, 4.69) is 4.98 Å². The lowest BCUT2D eigenvalue weighted by molar-refractivity contribution is 0.393. The molecule has 0 radical (unpaired) electrons. The summed E-state index contributed by atoms with van der Waals surface area (Å²) >= 11 is 0. The summed E-state index contributed by atoms with van der Waals surface area (Å²) in [7, 11) is 0. The van der Waals surface area contributed by atoms with Gasteiger partial charge in [0.25, 0.3) is 0 Å². The van der Waals surface area contributed by atoms with Gasteiger partial charge in [0.15, 0.2) is 18.1 Å². The van der Waals surface area contributed by atoms with Gasteiger partial charge < -0.3 is 4.42 Å². The fourth-order valence-corrected chi connectivity index (χ4v) is 1.53. The summed E-state index contributed by atoms with van der Waals surface area (Å²) in [5.74, 6) is -0.421. The molecule has 2 nitrogen and oxygen atoms in total. The van der Waals surface area contributed by atoms with Crippen LogP contribution in [-0.4, -0.2) is 4.98 Å². The smallest absolute Gasteiger partial charge is 0.227 e. The van der Waals surface area contributed by atoms with Gasteiger partial charge in [-0.15, -0.1) is 0 Å². The molecule has 0 spiro atoms. The summed E-state index contributed by atoms with van der Waals surface area (Å²) in [4.78, 5) is 3.76. The molecule has 4 heteroatoms. The predicted octanol–water partition coefficient (Wildman–Crippen LogP) is 3.56. The Morgan fingerprint density at radius 2 is 2.13 bits per heavy atom. The number of hydrogen-bond acceptors (Lipinski definition) is 2. The van der Waals surface area contributed by atoms with Crippen LogP contribution in [0.1, 0.15) is 31.2 Å². The summed E-state index contributed by atoms with van der Waals surface area (Å²) in [5, 5.41) is 0. The van der Waals surface area contributed by atoms with Crippen molar-refractivity contribution < 1.29 is 13.2 Å². The average molecular weight is 211 g/mol. The number of nitrogens with zero attached hydrogens (tertiary/aromatic N) is 1. The van der Waals surface area contributed by atoms with Gasteiger partial charge in [0, 0.05) is 0 Å². The molecule has 0 fully saturated rings. The largest absolute Gasteiger partial charge is 0.438 e. The number of benzene rings is 1. The molecule has 0 aliphatic heterocycles. The molecule has 0 saturated carbocycles. The second-order valence-corrected chi connectivity index (χ2v) is 3.71. The van der Waals surface area contributed by atoms with E-state index in [1.807, 2.05) is 13.8 Å². The van der Waals surface area contributed by atoms with E-state index in [1.54, 1.807) is 12.1 Å². The van der Waals surface area contributed by atoms with Gasteiger partial charge in [0.1, 0.15) is 5.52 Å². The number of halogens is 2. The molecule has 2 aromatic rings. The minimum atomic E-state index is -0.814. The van der Waals surface area contributed by atoms with Crippen molar-refractivity contribution in [1.82, 2.24) is 4.98 Å². The zero-order chi connectivity index (χ0) is 11.0. The maximum Gasteiger partial charge on any atom is 0.227 e. The van der Waals surface area contributed by atoms with Gasteiger partial charge >= 0.3 is 0 Å². The van der Waals surface area contributed by atoms with Gasteiger partial charge in [0.05, 0.1) is 0 Å². The molecule has 0 N–H and O–H groups in total. The highest BCUT2D eigenvalue weighted by Crippen LogP contribution is 2.26. The molecule has 0 aliphatic carbocycles. The molecule has 0 aliphatic rings. The SMILES string of the molecule is CC(C)c1ccc2oc(CF)nc2c1F. The first-order chi connectivity index (χ1) is 7.13. The highest BCUT2D eigenvalue weighted by molar-refractivity contribution is 5.74. The number of fused-ring (bicyclic) bond motifs is 1. The minimum Gasteiger partial charge on any atom is -0.438 e. The van der Waals surface area contributed by atoms with Gasteiger partial charge in [-0.1, -0.05) is 19.9 Å². The Morgan fingerprint density at radius 3 is 2.73 bits per heavy atom. The summed E-state index contributed by atoms with van der Waals surface area (Å²) in [5.41, 5.74) is 0.986. The summed E-state index contributed by atoms with van der Waals surface area (Å²) in [6.45, 7) is 2.96. The average Bonchev–Trinajstić information content (AvgIpc) is 2.61. The third-order valence-corrected chi connectivity index (χ3v) is 2.31. The highest BCUT2D eigenvalue weighted by Gasteiger charge is 2.15. The van der Waals surface area contributed by atoms with Crippen LogP contribution in [0.4, 0.5) is 8.78 Å². The van der Waals surface area contributed by atoms with Crippen LogP contribution in [0.25, 0.3) is 11.1 Å². The van der Waals surface area contributed by atoms with Crippen LogP contribution >= 0.6 is 0 Å². The molecular weight excluding hydrogens is 200 g/mol. The quantitative estimate of drug-likeness (QED) is 0.759. The van der Waals surface area contributed by atoms with Crippen molar-refractivity contribution in [2.45, 2.75) is 26.4 Å². The van der Waals surface area contributed by atoms with Crippen LogP contribution in [0, 0.1) is 5.82 Å². The standard InChI is InChI=1S/C11H11F2NO/c1-6(2)7-3-4-8-11(10(7)13)14-9(5-12)15-8/h3-4,6H,5H2,1-2H3. The number of alkyl halides is 1. The molecule has 0 saturated heterocycles. The molecule has 0 bridgehead atoms. The number of aromatic nitrogens is 1. The maximum absolute atomic E-state index is 13.8. The topological polar surface area (TPSA) is 26.0 Å². The van der Waals surface area contributed by atoms with E-state index < -0.39 is 12.5 Å². The van der Waals surface area contributed by atoms with E-state index in [-0.39, 0.29) is 17.3 Å². The third-order valence-electron chi connectivity index (χ3n) is 2.31. The summed E-state index contributed by atoms with van der Waals surface area (Å²) in [6, 6.07) is 3.27. The second-order valence-electron chi connectivity index (χ2n) is 3.71.